The first-order chi connectivity index (χ1) is 29.8. The lowest BCUT2D eigenvalue weighted by Gasteiger charge is -2.28. The van der Waals surface area contributed by atoms with Crippen LogP contribution in [0, 0.1) is 5.92 Å². The number of aliphatic imine (C=N–C) groups is 1. The van der Waals surface area contributed by atoms with Gasteiger partial charge in [0, 0.05) is 13.0 Å². The minimum absolute atomic E-state index is 0.0427. The molecule has 364 valence electrons. The number of aliphatic hydroxyl groups excluding tert-OH is 2. The molecule has 27 nitrogen and oxygen atoms in total. The van der Waals surface area contributed by atoms with E-state index in [1.807, 2.05) is 10.6 Å². The summed E-state index contributed by atoms with van der Waals surface area (Å²) in [6, 6.07) is -12.2. The average molecular weight is 918 g/mol. The highest BCUT2D eigenvalue weighted by molar-refractivity contribution is 5.98. The number of carboxylic acid groups (broad SMARTS) is 2. The Morgan fingerprint density at radius 1 is 0.578 bits per heavy atom. The van der Waals surface area contributed by atoms with Crippen molar-refractivity contribution < 1.29 is 68.4 Å². The van der Waals surface area contributed by atoms with Crippen LogP contribution < -0.4 is 65.9 Å². The number of carbonyl (C=O) groups is 10. The molecule has 0 rings (SSSR count). The van der Waals surface area contributed by atoms with Crippen molar-refractivity contribution in [1.82, 2.24) is 37.2 Å². The van der Waals surface area contributed by atoms with Crippen LogP contribution in [0.15, 0.2) is 4.99 Å². The molecule has 0 aromatic heterocycles. The van der Waals surface area contributed by atoms with E-state index in [2.05, 4.69) is 31.6 Å². The maximum atomic E-state index is 13.9. The van der Waals surface area contributed by atoms with Gasteiger partial charge in [0.2, 0.25) is 47.3 Å². The zero-order valence-corrected chi connectivity index (χ0v) is 36.5. The lowest BCUT2D eigenvalue weighted by Crippen LogP contribution is -2.62. The summed E-state index contributed by atoms with van der Waals surface area (Å²) >= 11 is 0. The molecule has 8 amide bonds. The number of rotatable bonds is 32. The van der Waals surface area contributed by atoms with Crippen molar-refractivity contribution in [3.05, 3.63) is 0 Å². The van der Waals surface area contributed by atoms with Crippen LogP contribution in [-0.4, -0.2) is 160 Å². The molecule has 0 unspecified atom stereocenters. The van der Waals surface area contributed by atoms with Gasteiger partial charge in [-0.3, -0.25) is 48.1 Å². The number of carbonyl (C=O) groups excluding carboxylic acids is 8. The Morgan fingerprint density at radius 2 is 1.03 bits per heavy atom. The number of aliphatic carboxylic acids is 2. The molecule has 64 heavy (non-hydrogen) atoms. The lowest BCUT2D eigenvalue weighted by molar-refractivity contribution is -0.144. The molecular weight excluding hydrogens is 850 g/mol. The van der Waals surface area contributed by atoms with Crippen molar-refractivity contribution in [3.63, 3.8) is 0 Å². The molecule has 0 aliphatic carbocycles. The third-order valence-electron chi connectivity index (χ3n) is 9.09. The zero-order valence-electron chi connectivity index (χ0n) is 36.5. The van der Waals surface area contributed by atoms with Gasteiger partial charge in [-0.25, -0.2) is 4.79 Å². The smallest absolute Gasteiger partial charge is 0.326 e. The maximum Gasteiger partial charge on any atom is 0.326 e. The minimum atomic E-state index is -1.93. The average Bonchev–Trinajstić information content (AvgIpc) is 3.19. The van der Waals surface area contributed by atoms with Crippen LogP contribution in [0.4, 0.5) is 0 Å². The Morgan fingerprint density at radius 3 is 1.47 bits per heavy atom. The summed E-state index contributed by atoms with van der Waals surface area (Å²) in [7, 11) is 0. The van der Waals surface area contributed by atoms with E-state index in [0.717, 1.165) is 6.92 Å². The third kappa shape index (κ3) is 23.3. The Hall–Kier alpha value is -6.19. The van der Waals surface area contributed by atoms with Crippen molar-refractivity contribution in [2.75, 3.05) is 19.7 Å². The minimum Gasteiger partial charge on any atom is -0.481 e. The Kier molecular flexibility index (Phi) is 27.1. The van der Waals surface area contributed by atoms with Gasteiger partial charge < -0.3 is 86.3 Å². The first-order valence-corrected chi connectivity index (χ1v) is 20.5. The van der Waals surface area contributed by atoms with Gasteiger partial charge in [-0.1, -0.05) is 13.8 Å². The summed E-state index contributed by atoms with van der Waals surface area (Å²) in [6.45, 7) is 5.17. The van der Waals surface area contributed by atoms with Crippen molar-refractivity contribution in [3.8, 4) is 0 Å². The second kappa shape index (κ2) is 30.0. The molecule has 27 heteroatoms. The largest absolute Gasteiger partial charge is 0.481 e. The first-order valence-electron chi connectivity index (χ1n) is 20.5. The predicted octanol–water partition coefficient (Wildman–Crippen LogP) is -6.85. The highest BCUT2D eigenvalue weighted by atomic mass is 16.4. The summed E-state index contributed by atoms with van der Waals surface area (Å²) in [5.41, 5.74) is 27.2. The molecule has 0 heterocycles. The monoisotopic (exact) mass is 917 g/mol. The number of nitrogens with one attached hydrogen (secondary N) is 7. The molecular formula is C37H67N13O14. The molecule has 9 atom stereocenters. The third-order valence-corrected chi connectivity index (χ3v) is 9.09. The molecule has 0 spiro atoms. The van der Waals surface area contributed by atoms with Gasteiger partial charge in [-0.2, -0.15) is 0 Å². The number of nitrogens with zero attached hydrogens (tertiary/aromatic N) is 1. The number of nitrogens with two attached hydrogens (primary N) is 5. The lowest BCUT2D eigenvalue weighted by atomic mass is 10.0. The SMILES string of the molecule is CC(C)C[C@H](NC(=O)[C@H](C)N)C(=O)N[C@@H](CCCN=C(N)N)C(=O)N[C@@H](CCCCN)C(=O)N[C@@H](CCC(=O)O)C(=O)N[C@H](C(=O)N[C@@H](CO)C(=O)N[C@@H](CC(N)=O)C(=O)O)[C@@H](C)O. The number of hydrogen-bond acceptors (Lipinski definition) is 15. The van der Waals surface area contributed by atoms with Gasteiger partial charge >= 0.3 is 11.9 Å². The van der Waals surface area contributed by atoms with Crippen LogP contribution in [0.3, 0.4) is 0 Å². The van der Waals surface area contributed by atoms with Gasteiger partial charge in [-0.05, 0) is 71.3 Å². The van der Waals surface area contributed by atoms with Gasteiger partial charge in [0.15, 0.2) is 5.96 Å². The summed E-state index contributed by atoms with van der Waals surface area (Å²) in [5.74, 6) is -11.5. The van der Waals surface area contributed by atoms with E-state index < -0.39 is 140 Å². The summed E-state index contributed by atoms with van der Waals surface area (Å²) in [6.07, 6.45) is -3.09. The summed E-state index contributed by atoms with van der Waals surface area (Å²) < 4.78 is 0. The van der Waals surface area contributed by atoms with Crippen LogP contribution in [0.25, 0.3) is 0 Å². The van der Waals surface area contributed by atoms with Crippen LogP contribution >= 0.6 is 0 Å². The van der Waals surface area contributed by atoms with E-state index in [9.17, 15) is 68.4 Å². The van der Waals surface area contributed by atoms with Crippen molar-refractivity contribution >= 4 is 65.2 Å². The molecule has 0 aliphatic heterocycles. The molecule has 0 aromatic carbocycles. The van der Waals surface area contributed by atoms with E-state index in [1.165, 1.54) is 6.92 Å². The van der Waals surface area contributed by atoms with Crippen molar-refractivity contribution in [2.24, 2.45) is 39.6 Å². The zero-order chi connectivity index (χ0) is 49.3. The van der Waals surface area contributed by atoms with E-state index in [0.29, 0.717) is 6.42 Å². The van der Waals surface area contributed by atoms with Crippen molar-refractivity contribution in [1.29, 1.82) is 0 Å². The predicted molar refractivity (Wildman–Crippen MR) is 227 cm³/mol. The standard InChI is InChI=1S/C37H67N13O14/c1-17(2)14-23(47-29(56)18(3)39)33(60)45-21(9-7-13-43-37(41)42)31(58)44-20(8-5-6-12-38)30(57)46-22(10-11-27(54)55)32(59)50-28(19(4)52)35(62)49-25(16-51)34(61)48-24(36(63)64)15-26(40)53/h17-25,28,51-52H,5-16,38-39H2,1-4H3,(H2,40,53)(H,44,58)(H,45,60)(H,46,57)(H,47,56)(H,48,61)(H,49,62)(H,50,59)(H,54,55)(H,63,64)(H4,41,42,43)/t18-,19+,20-,21-,22-,23-,24-,25-,28-/m0/s1. The number of carboxylic acids is 2. The molecule has 0 saturated heterocycles. The highest BCUT2D eigenvalue weighted by Crippen LogP contribution is 2.10. The van der Waals surface area contributed by atoms with Gasteiger partial charge in [0.05, 0.1) is 25.2 Å². The fourth-order valence-electron chi connectivity index (χ4n) is 5.68. The van der Waals surface area contributed by atoms with Crippen LogP contribution in [0.5, 0.6) is 0 Å². The first kappa shape index (κ1) is 57.8. The van der Waals surface area contributed by atoms with Gasteiger partial charge in [0.25, 0.3) is 0 Å². The number of guanidine groups is 1. The molecule has 0 radical (unpaired) electrons. The van der Waals surface area contributed by atoms with Crippen LogP contribution in [-0.2, 0) is 47.9 Å². The molecule has 0 aromatic rings. The summed E-state index contributed by atoms with van der Waals surface area (Å²) in [4.78, 5) is 132. The number of hydrogen-bond donors (Lipinski definition) is 16. The quantitative estimate of drug-likeness (QED) is 0.0169. The maximum absolute atomic E-state index is 13.9. The van der Waals surface area contributed by atoms with Crippen molar-refractivity contribution in [2.45, 2.75) is 140 Å². The Bertz CT molecular complexity index is 1640. The number of unbranched alkanes of at least 4 members (excludes halogenated alkanes) is 1. The Balaban J connectivity index is 6.59. The topological polar surface area (TPSA) is 478 Å². The van der Waals surface area contributed by atoms with E-state index in [4.69, 9.17) is 28.7 Å². The normalized spacial score (nSPS) is 15.2. The number of primary amides is 1. The van der Waals surface area contributed by atoms with Crippen LogP contribution in [0.2, 0.25) is 0 Å². The molecule has 0 saturated carbocycles. The second-order valence-electron chi connectivity index (χ2n) is 15.4. The number of amides is 8. The molecule has 0 fully saturated rings. The van der Waals surface area contributed by atoms with Gasteiger partial charge in [0.1, 0.15) is 42.3 Å². The van der Waals surface area contributed by atoms with Crippen LogP contribution in [0.1, 0.15) is 85.5 Å². The summed E-state index contributed by atoms with van der Waals surface area (Å²) in [5, 5.41) is 55.1. The highest BCUT2D eigenvalue weighted by Gasteiger charge is 2.36. The molecule has 0 aliphatic rings. The second-order valence-corrected chi connectivity index (χ2v) is 15.4. The Labute approximate surface area is 369 Å². The molecule has 0 bridgehead atoms. The van der Waals surface area contributed by atoms with E-state index in [-0.39, 0.29) is 57.1 Å². The molecule has 21 N–H and O–H groups in total. The fourth-order valence-corrected chi connectivity index (χ4v) is 5.68. The van der Waals surface area contributed by atoms with Gasteiger partial charge in [-0.15, -0.1) is 0 Å². The van der Waals surface area contributed by atoms with E-state index in [1.54, 1.807) is 13.8 Å². The van der Waals surface area contributed by atoms with E-state index >= 15 is 0 Å². The fraction of sp³-hybridized carbons (Fsp3) is 0.703. The number of aliphatic hydroxyl groups is 2.